The zero-order valence-corrected chi connectivity index (χ0v) is 20.8. The molecule has 2 amide bonds. The zero-order valence-electron chi connectivity index (χ0n) is 20.8. The van der Waals surface area contributed by atoms with E-state index >= 15 is 0 Å². The van der Waals surface area contributed by atoms with Crippen molar-refractivity contribution >= 4 is 22.8 Å². The van der Waals surface area contributed by atoms with Crippen LogP contribution in [-0.2, 0) is 11.3 Å². The number of likely N-dealkylation sites (tertiary alicyclic amines) is 1. The van der Waals surface area contributed by atoms with Gasteiger partial charge in [-0.1, -0.05) is 35.9 Å². The fraction of sp³-hybridized carbons (Fsp3) is 0.367. The Morgan fingerprint density at radius 2 is 1.86 bits per heavy atom. The van der Waals surface area contributed by atoms with Crippen molar-refractivity contribution in [3.63, 3.8) is 0 Å². The molecule has 2 fully saturated rings. The highest BCUT2D eigenvalue weighted by molar-refractivity contribution is 5.93. The number of benzene rings is 2. The molecule has 1 aliphatic heterocycles. The quantitative estimate of drug-likeness (QED) is 0.454. The van der Waals surface area contributed by atoms with Gasteiger partial charge in [0.2, 0.25) is 5.91 Å². The molecule has 1 aromatic heterocycles. The molecule has 0 bridgehead atoms. The maximum Gasteiger partial charge on any atom is 0.287 e. The van der Waals surface area contributed by atoms with Gasteiger partial charge in [-0.15, -0.1) is 0 Å². The first-order chi connectivity index (χ1) is 18.0. The van der Waals surface area contributed by atoms with Gasteiger partial charge >= 0.3 is 0 Å². The summed E-state index contributed by atoms with van der Waals surface area (Å²) >= 11 is 0. The van der Waals surface area contributed by atoms with E-state index in [0.29, 0.717) is 25.4 Å². The Labute approximate surface area is 215 Å². The zero-order chi connectivity index (χ0) is 25.8. The monoisotopic (exact) mass is 502 g/mol. The Bertz CT molecular complexity index is 1400. The molecule has 0 radical (unpaired) electrons. The Balaban J connectivity index is 1.17. The van der Waals surface area contributed by atoms with Crippen LogP contribution in [0, 0.1) is 5.82 Å². The molecular formula is C30H31FN2O4. The van der Waals surface area contributed by atoms with Crippen LogP contribution in [-0.4, -0.2) is 29.8 Å². The first-order valence-electron chi connectivity index (χ1n) is 13.0. The van der Waals surface area contributed by atoms with Crippen LogP contribution in [0.15, 0.2) is 69.4 Å². The molecule has 2 aromatic carbocycles. The maximum atomic E-state index is 13.4. The summed E-state index contributed by atoms with van der Waals surface area (Å²) in [6, 6.07) is 13.2. The first kappa shape index (κ1) is 24.9. The minimum Gasteiger partial charge on any atom is -0.451 e. The number of nitrogens with one attached hydrogen (secondary N) is 1. The Kier molecular flexibility index (Phi) is 7.49. The van der Waals surface area contributed by atoms with Crippen molar-refractivity contribution in [1.82, 2.24) is 10.2 Å². The van der Waals surface area contributed by atoms with Gasteiger partial charge in [-0.05, 0) is 73.8 Å². The van der Waals surface area contributed by atoms with Gasteiger partial charge in [0.05, 0.1) is 5.39 Å². The highest BCUT2D eigenvalue weighted by Gasteiger charge is 2.23. The first-order valence-corrected chi connectivity index (χ1v) is 13.0. The minimum absolute atomic E-state index is 0.0880. The summed E-state index contributed by atoms with van der Waals surface area (Å²) in [6.45, 7) is 1.88. The molecule has 1 saturated carbocycles. The number of carbonyl (C=O) groups is 2. The number of hydrogen-bond donors (Lipinski definition) is 1. The molecule has 192 valence electrons. The molecule has 0 unspecified atom stereocenters. The molecular weight excluding hydrogens is 471 g/mol. The number of amides is 2. The van der Waals surface area contributed by atoms with E-state index in [1.165, 1.54) is 28.8 Å². The molecule has 0 atom stereocenters. The third kappa shape index (κ3) is 5.82. The summed E-state index contributed by atoms with van der Waals surface area (Å²) < 4.78 is 18.9. The van der Waals surface area contributed by atoms with Gasteiger partial charge in [-0.25, -0.2) is 4.39 Å². The third-order valence-electron chi connectivity index (χ3n) is 7.47. The van der Waals surface area contributed by atoms with E-state index in [0.717, 1.165) is 57.2 Å². The van der Waals surface area contributed by atoms with Crippen molar-refractivity contribution in [1.29, 1.82) is 0 Å². The van der Waals surface area contributed by atoms with Crippen LogP contribution in [0.3, 0.4) is 0 Å². The van der Waals surface area contributed by atoms with E-state index < -0.39 is 17.2 Å². The van der Waals surface area contributed by atoms with Gasteiger partial charge in [0, 0.05) is 32.1 Å². The van der Waals surface area contributed by atoms with Crippen LogP contribution < -0.4 is 10.7 Å². The van der Waals surface area contributed by atoms with E-state index in [2.05, 4.69) is 29.6 Å². The van der Waals surface area contributed by atoms with Crippen molar-refractivity contribution < 1.29 is 18.4 Å². The van der Waals surface area contributed by atoms with Crippen molar-refractivity contribution in [2.75, 3.05) is 13.1 Å². The average molecular weight is 503 g/mol. The van der Waals surface area contributed by atoms with Crippen LogP contribution in [0.25, 0.3) is 11.0 Å². The van der Waals surface area contributed by atoms with Gasteiger partial charge in [-0.3, -0.25) is 14.4 Å². The molecule has 0 spiro atoms. The van der Waals surface area contributed by atoms with Gasteiger partial charge in [0.15, 0.2) is 11.2 Å². The maximum absolute atomic E-state index is 13.4. The molecule has 1 N–H and O–H groups in total. The number of nitrogens with zero attached hydrogens (tertiary/aromatic N) is 1. The molecule has 1 aliphatic carbocycles. The SMILES string of the molecule is O=C(NCC=C1CCC(c2ccccc2CN2CCCCC2=O)CC1)c1cc(=O)c2cc(F)ccc2o1. The van der Waals surface area contributed by atoms with E-state index in [1.54, 1.807) is 0 Å². The van der Waals surface area contributed by atoms with Crippen molar-refractivity contribution in [3.8, 4) is 0 Å². The van der Waals surface area contributed by atoms with Crippen LogP contribution in [0.1, 0.15) is 72.5 Å². The fourth-order valence-electron chi connectivity index (χ4n) is 5.43. The predicted octanol–water partition coefficient (Wildman–Crippen LogP) is 5.46. The number of halogens is 1. The highest BCUT2D eigenvalue weighted by atomic mass is 19.1. The highest BCUT2D eigenvalue weighted by Crippen LogP contribution is 2.37. The summed E-state index contributed by atoms with van der Waals surface area (Å²) in [4.78, 5) is 39.1. The number of hydrogen-bond acceptors (Lipinski definition) is 4. The molecule has 3 aromatic rings. The molecule has 2 heterocycles. The third-order valence-corrected chi connectivity index (χ3v) is 7.47. The summed E-state index contributed by atoms with van der Waals surface area (Å²) in [5.74, 6) is -0.377. The number of fused-ring (bicyclic) bond motifs is 1. The summed E-state index contributed by atoms with van der Waals surface area (Å²) in [5, 5.41) is 2.90. The van der Waals surface area contributed by atoms with Crippen LogP contribution >= 0.6 is 0 Å². The molecule has 2 aliphatic rings. The van der Waals surface area contributed by atoms with Gasteiger partial charge in [0.1, 0.15) is 11.4 Å². The topological polar surface area (TPSA) is 79.6 Å². The van der Waals surface area contributed by atoms with Gasteiger partial charge in [-0.2, -0.15) is 0 Å². The number of carbonyl (C=O) groups excluding carboxylic acids is 2. The smallest absolute Gasteiger partial charge is 0.287 e. The van der Waals surface area contributed by atoms with Gasteiger partial charge < -0.3 is 14.6 Å². The lowest BCUT2D eigenvalue weighted by Gasteiger charge is -2.30. The largest absolute Gasteiger partial charge is 0.451 e. The molecule has 7 heteroatoms. The normalized spacial score (nSPS) is 18.2. The van der Waals surface area contributed by atoms with E-state index in [1.807, 2.05) is 11.0 Å². The molecule has 5 rings (SSSR count). The minimum atomic E-state index is -0.529. The van der Waals surface area contributed by atoms with Crippen LogP contribution in [0.4, 0.5) is 4.39 Å². The lowest BCUT2D eigenvalue weighted by atomic mass is 9.79. The average Bonchev–Trinajstić information content (AvgIpc) is 2.91. The summed E-state index contributed by atoms with van der Waals surface area (Å²) in [7, 11) is 0. The van der Waals surface area contributed by atoms with E-state index in [9.17, 15) is 18.8 Å². The lowest BCUT2D eigenvalue weighted by molar-refractivity contribution is -0.133. The fourth-order valence-corrected chi connectivity index (χ4v) is 5.43. The Morgan fingerprint density at radius 1 is 1.05 bits per heavy atom. The van der Waals surface area contributed by atoms with Crippen molar-refractivity contribution in [2.45, 2.75) is 57.4 Å². The second kappa shape index (κ2) is 11.1. The van der Waals surface area contributed by atoms with E-state index in [4.69, 9.17) is 4.42 Å². The molecule has 6 nitrogen and oxygen atoms in total. The summed E-state index contributed by atoms with van der Waals surface area (Å²) in [6.07, 6.45) is 8.73. The molecule has 1 saturated heterocycles. The number of allylic oxidation sites excluding steroid dienone is 1. The summed E-state index contributed by atoms with van der Waals surface area (Å²) in [5.41, 5.74) is 3.63. The Morgan fingerprint density at radius 3 is 2.68 bits per heavy atom. The standard InChI is InChI=1S/C30H31FN2O4/c31-23-12-13-27-25(17-23)26(34)18-28(37-27)30(36)32-15-14-20-8-10-21(11-9-20)24-6-2-1-5-22(24)19-33-16-4-3-7-29(33)35/h1-2,5-6,12-14,17-18,21H,3-4,7-11,15-16,19H2,(H,32,36). The molecule has 37 heavy (non-hydrogen) atoms. The predicted molar refractivity (Wildman–Crippen MR) is 140 cm³/mol. The van der Waals surface area contributed by atoms with Gasteiger partial charge in [0.25, 0.3) is 5.91 Å². The second-order valence-corrected chi connectivity index (χ2v) is 9.93. The van der Waals surface area contributed by atoms with Crippen molar-refractivity contribution in [3.05, 3.63) is 93.1 Å². The Hall–Kier alpha value is -3.74. The number of rotatable bonds is 6. The number of piperidine rings is 1. The van der Waals surface area contributed by atoms with Crippen LogP contribution in [0.5, 0.6) is 0 Å². The van der Waals surface area contributed by atoms with Crippen molar-refractivity contribution in [2.24, 2.45) is 0 Å². The lowest BCUT2D eigenvalue weighted by Crippen LogP contribution is -2.35. The second-order valence-electron chi connectivity index (χ2n) is 9.93. The van der Waals surface area contributed by atoms with Crippen LogP contribution in [0.2, 0.25) is 0 Å². The van der Waals surface area contributed by atoms with E-state index in [-0.39, 0.29) is 22.6 Å².